The summed E-state index contributed by atoms with van der Waals surface area (Å²) in [6, 6.07) is 10.6. The van der Waals surface area contributed by atoms with Gasteiger partial charge >= 0.3 is 5.97 Å². The molecule has 0 fully saturated rings. The van der Waals surface area contributed by atoms with Gasteiger partial charge in [-0.05, 0) is 31.5 Å². The van der Waals surface area contributed by atoms with Crippen molar-refractivity contribution < 1.29 is 23.4 Å². The molecule has 0 saturated heterocycles. The predicted molar refractivity (Wildman–Crippen MR) is 73.4 cm³/mol. The van der Waals surface area contributed by atoms with Gasteiger partial charge in [0.1, 0.15) is 5.60 Å². The maximum atomic E-state index is 13.8. The first-order chi connectivity index (χ1) is 9.81. The van der Waals surface area contributed by atoms with Crippen LogP contribution in [0.3, 0.4) is 0 Å². The topological polar surface area (TPSA) is 46.5 Å². The van der Waals surface area contributed by atoms with Crippen LogP contribution in [0.1, 0.15) is 29.8 Å². The smallest absolute Gasteiger partial charge is 0.335 e. The zero-order valence-corrected chi connectivity index (χ0v) is 11.6. The molecule has 0 aliphatic heterocycles. The fourth-order valence-corrected chi connectivity index (χ4v) is 1.93. The molecule has 2 aromatic rings. The van der Waals surface area contributed by atoms with E-state index in [0.29, 0.717) is 6.07 Å². The molecule has 0 bridgehead atoms. The van der Waals surface area contributed by atoms with Gasteiger partial charge in [0.2, 0.25) is 5.82 Å². The minimum absolute atomic E-state index is 0.368. The Bertz CT molecular complexity index is 667. The largest absolute Gasteiger partial charge is 0.480 e. The minimum atomic E-state index is -1.35. The Kier molecular flexibility index (Phi) is 3.93. The Morgan fingerprint density at radius 2 is 1.76 bits per heavy atom. The molecule has 0 aromatic heterocycles. The molecule has 0 atom stereocenters. The van der Waals surface area contributed by atoms with Crippen molar-refractivity contribution in [1.29, 1.82) is 0 Å². The molecule has 0 aliphatic rings. The number of hydrogen-bond donors (Lipinski definition) is 1. The number of ether oxygens (including phenoxy) is 1. The van der Waals surface area contributed by atoms with Crippen molar-refractivity contribution in [1.82, 2.24) is 0 Å². The van der Waals surface area contributed by atoms with E-state index >= 15 is 0 Å². The van der Waals surface area contributed by atoms with Crippen molar-refractivity contribution in [2.24, 2.45) is 0 Å². The molecule has 0 heterocycles. The highest BCUT2D eigenvalue weighted by Gasteiger charge is 2.26. The number of carbonyl (C=O) groups is 1. The van der Waals surface area contributed by atoms with Crippen LogP contribution in [0.2, 0.25) is 0 Å². The molecular formula is C16H14F2O3. The number of halogens is 2. The van der Waals surface area contributed by atoms with Gasteiger partial charge in [0, 0.05) is 0 Å². The van der Waals surface area contributed by atoms with Gasteiger partial charge in [0.25, 0.3) is 0 Å². The number of hydrogen-bond acceptors (Lipinski definition) is 2. The van der Waals surface area contributed by atoms with Gasteiger partial charge < -0.3 is 9.84 Å². The van der Waals surface area contributed by atoms with E-state index in [0.717, 1.165) is 11.6 Å². The van der Waals surface area contributed by atoms with Crippen molar-refractivity contribution in [2.45, 2.75) is 19.4 Å². The van der Waals surface area contributed by atoms with Gasteiger partial charge in [-0.15, -0.1) is 0 Å². The van der Waals surface area contributed by atoms with Gasteiger partial charge in [-0.25, -0.2) is 9.18 Å². The molecule has 110 valence electrons. The lowest BCUT2D eigenvalue weighted by Gasteiger charge is -2.27. The third kappa shape index (κ3) is 3.18. The standard InChI is InChI=1S/C16H14F2O3/c1-16(2,11-6-4-3-5-7-11)21-13-9-10(15(19)20)8-12(17)14(13)18/h3-9H,1-2H3,(H,19,20). The van der Waals surface area contributed by atoms with E-state index in [1.165, 1.54) is 0 Å². The molecule has 2 aromatic carbocycles. The Balaban J connectivity index is 2.41. The second-order valence-electron chi connectivity index (χ2n) is 5.05. The Morgan fingerprint density at radius 3 is 2.33 bits per heavy atom. The number of carboxylic acids is 1. The summed E-state index contributed by atoms with van der Waals surface area (Å²) in [7, 11) is 0. The monoisotopic (exact) mass is 292 g/mol. The van der Waals surface area contributed by atoms with E-state index < -0.39 is 29.0 Å². The molecule has 0 unspecified atom stereocenters. The van der Waals surface area contributed by atoms with E-state index in [-0.39, 0.29) is 5.56 Å². The average molecular weight is 292 g/mol. The highest BCUT2D eigenvalue weighted by Crippen LogP contribution is 2.31. The van der Waals surface area contributed by atoms with Gasteiger partial charge in [-0.2, -0.15) is 4.39 Å². The molecule has 1 N–H and O–H groups in total. The van der Waals surface area contributed by atoms with E-state index in [1.54, 1.807) is 38.1 Å². The average Bonchev–Trinajstić information content (AvgIpc) is 2.44. The van der Waals surface area contributed by atoms with Crippen molar-refractivity contribution >= 4 is 5.97 Å². The molecular weight excluding hydrogens is 278 g/mol. The predicted octanol–water partition coefficient (Wildman–Crippen LogP) is 3.98. The van der Waals surface area contributed by atoms with E-state index in [4.69, 9.17) is 9.84 Å². The summed E-state index contributed by atoms with van der Waals surface area (Å²) < 4.78 is 32.8. The molecule has 3 nitrogen and oxygen atoms in total. The van der Waals surface area contributed by atoms with Crippen molar-refractivity contribution in [3.05, 3.63) is 65.2 Å². The fourth-order valence-electron chi connectivity index (χ4n) is 1.93. The van der Waals surface area contributed by atoms with Crippen LogP contribution in [0, 0.1) is 11.6 Å². The number of aromatic carboxylic acids is 1. The van der Waals surface area contributed by atoms with Gasteiger partial charge in [-0.1, -0.05) is 30.3 Å². The summed E-state index contributed by atoms with van der Waals surface area (Å²) in [5.74, 6) is -4.24. The lowest BCUT2D eigenvalue weighted by Crippen LogP contribution is -2.26. The van der Waals surface area contributed by atoms with Crippen LogP contribution in [0.5, 0.6) is 5.75 Å². The first-order valence-electron chi connectivity index (χ1n) is 6.28. The summed E-state index contributed by atoms with van der Waals surface area (Å²) in [6.07, 6.45) is 0. The Hall–Kier alpha value is -2.43. The van der Waals surface area contributed by atoms with Crippen LogP contribution in [-0.2, 0) is 5.60 Å². The van der Waals surface area contributed by atoms with Crippen LogP contribution in [0.25, 0.3) is 0 Å². The number of carboxylic acid groups (broad SMARTS) is 1. The van der Waals surface area contributed by atoms with Crippen LogP contribution < -0.4 is 4.74 Å². The summed E-state index contributed by atoms with van der Waals surface area (Å²) in [6.45, 7) is 3.38. The van der Waals surface area contributed by atoms with Crippen LogP contribution >= 0.6 is 0 Å². The highest BCUT2D eigenvalue weighted by molar-refractivity contribution is 5.88. The second kappa shape index (κ2) is 5.52. The molecule has 2 rings (SSSR count). The van der Waals surface area contributed by atoms with Gasteiger partial charge in [0.05, 0.1) is 5.56 Å². The molecule has 0 aliphatic carbocycles. The fraction of sp³-hybridized carbons (Fsp3) is 0.188. The second-order valence-corrected chi connectivity index (χ2v) is 5.05. The Labute approximate surface area is 120 Å². The van der Waals surface area contributed by atoms with Crippen LogP contribution in [0.15, 0.2) is 42.5 Å². The first-order valence-corrected chi connectivity index (χ1v) is 6.28. The molecule has 0 spiro atoms. The number of rotatable bonds is 4. The van der Waals surface area contributed by atoms with Crippen LogP contribution in [-0.4, -0.2) is 11.1 Å². The third-order valence-electron chi connectivity index (χ3n) is 3.08. The van der Waals surface area contributed by atoms with E-state index in [1.807, 2.05) is 6.07 Å². The summed E-state index contributed by atoms with van der Waals surface area (Å²) >= 11 is 0. The van der Waals surface area contributed by atoms with Gasteiger partial charge in [-0.3, -0.25) is 0 Å². The lowest BCUT2D eigenvalue weighted by atomic mass is 9.98. The molecule has 5 heteroatoms. The lowest BCUT2D eigenvalue weighted by molar-refractivity contribution is 0.0691. The summed E-state index contributed by atoms with van der Waals surface area (Å²) in [5.41, 5.74) is -0.552. The third-order valence-corrected chi connectivity index (χ3v) is 3.08. The maximum absolute atomic E-state index is 13.8. The Morgan fingerprint density at radius 1 is 1.14 bits per heavy atom. The minimum Gasteiger partial charge on any atom is -0.480 e. The van der Waals surface area contributed by atoms with Crippen molar-refractivity contribution in [3.8, 4) is 5.75 Å². The van der Waals surface area contributed by atoms with Crippen molar-refractivity contribution in [2.75, 3.05) is 0 Å². The quantitative estimate of drug-likeness (QED) is 0.927. The zero-order chi connectivity index (χ0) is 15.6. The normalized spacial score (nSPS) is 11.2. The number of benzene rings is 2. The molecule has 0 radical (unpaired) electrons. The molecule has 0 saturated carbocycles. The van der Waals surface area contributed by atoms with Crippen molar-refractivity contribution in [3.63, 3.8) is 0 Å². The first kappa shape index (κ1) is 15.0. The zero-order valence-electron chi connectivity index (χ0n) is 11.6. The SMILES string of the molecule is CC(C)(Oc1cc(C(=O)O)cc(F)c1F)c1ccccc1. The summed E-state index contributed by atoms with van der Waals surface area (Å²) in [4.78, 5) is 10.9. The maximum Gasteiger partial charge on any atom is 0.335 e. The van der Waals surface area contributed by atoms with Crippen LogP contribution in [0.4, 0.5) is 8.78 Å². The molecule has 0 amide bonds. The van der Waals surface area contributed by atoms with E-state index in [9.17, 15) is 13.6 Å². The van der Waals surface area contributed by atoms with E-state index in [2.05, 4.69) is 0 Å². The van der Waals surface area contributed by atoms with Gasteiger partial charge in [0.15, 0.2) is 11.6 Å². The molecule has 21 heavy (non-hydrogen) atoms. The summed E-state index contributed by atoms with van der Waals surface area (Å²) in [5, 5.41) is 8.90. The highest BCUT2D eigenvalue weighted by atomic mass is 19.2.